The summed E-state index contributed by atoms with van der Waals surface area (Å²) < 4.78 is 46.8. The van der Waals surface area contributed by atoms with Gasteiger partial charge in [0.25, 0.3) is 0 Å². The lowest BCUT2D eigenvalue weighted by Crippen LogP contribution is -2.72. The lowest BCUT2D eigenvalue weighted by atomic mass is 9.78. The van der Waals surface area contributed by atoms with Crippen LogP contribution in [0, 0.1) is 5.92 Å². The third-order valence-electron chi connectivity index (χ3n) is 6.23. The van der Waals surface area contributed by atoms with Crippen molar-refractivity contribution in [1.82, 2.24) is 5.32 Å². The topological polar surface area (TPSA) is 53.6 Å². The molecule has 1 saturated heterocycles. The number of nitrogens with zero attached hydrogens (tertiary/aromatic N) is 1. The number of carbonyl (C=O) groups is 1. The van der Waals surface area contributed by atoms with Crippen LogP contribution >= 0.6 is 23.8 Å². The number of rotatable bonds is 3. The fraction of sp³-hybridized carbons (Fsp3) is 0.200. The third kappa shape index (κ3) is 4.08. The van der Waals surface area contributed by atoms with Gasteiger partial charge in [-0.05, 0) is 67.7 Å². The Labute approximate surface area is 209 Å². The van der Waals surface area contributed by atoms with Crippen molar-refractivity contribution in [2.45, 2.75) is 24.9 Å². The number of thiocarbonyl (C=S) groups is 1. The maximum absolute atomic E-state index is 13.7. The molecule has 1 fully saturated rings. The Hall–Kier alpha value is -3.30. The molecule has 0 saturated carbocycles. The first-order chi connectivity index (χ1) is 16.6. The Morgan fingerprint density at radius 2 is 1.83 bits per heavy atom. The van der Waals surface area contributed by atoms with E-state index in [0.717, 1.165) is 17.7 Å². The number of hydrogen-bond donors (Lipinski definition) is 2. The molecule has 10 heteroatoms. The van der Waals surface area contributed by atoms with Crippen molar-refractivity contribution >= 4 is 46.2 Å². The summed E-state index contributed by atoms with van der Waals surface area (Å²) in [6, 6.07) is 18.1. The first-order valence-electron chi connectivity index (χ1n) is 10.7. The van der Waals surface area contributed by atoms with E-state index in [4.69, 9.17) is 28.6 Å². The Kier molecular flexibility index (Phi) is 5.64. The quantitative estimate of drug-likeness (QED) is 0.408. The van der Waals surface area contributed by atoms with Crippen LogP contribution < -0.4 is 20.3 Å². The first-order valence-corrected chi connectivity index (χ1v) is 11.5. The number of alkyl halides is 3. The van der Waals surface area contributed by atoms with Crippen LogP contribution in [0.1, 0.15) is 24.1 Å². The molecule has 3 atom stereocenters. The van der Waals surface area contributed by atoms with Gasteiger partial charge in [-0.15, -0.1) is 0 Å². The van der Waals surface area contributed by atoms with Crippen molar-refractivity contribution in [3.63, 3.8) is 0 Å². The Bertz CT molecular complexity index is 1320. The summed E-state index contributed by atoms with van der Waals surface area (Å²) in [6.07, 6.45) is -4.55. The summed E-state index contributed by atoms with van der Waals surface area (Å²) in [5.41, 5.74) is -0.855. The number of benzene rings is 3. The number of amides is 1. The van der Waals surface area contributed by atoms with Crippen LogP contribution in [0.25, 0.3) is 0 Å². The van der Waals surface area contributed by atoms with Gasteiger partial charge in [-0.3, -0.25) is 9.69 Å². The van der Waals surface area contributed by atoms with Gasteiger partial charge < -0.3 is 15.4 Å². The summed E-state index contributed by atoms with van der Waals surface area (Å²) in [6.45, 7) is 1.66. The zero-order chi connectivity index (χ0) is 25.0. The van der Waals surface area contributed by atoms with Crippen molar-refractivity contribution in [3.8, 4) is 5.75 Å². The van der Waals surface area contributed by atoms with Crippen LogP contribution in [-0.2, 0) is 11.0 Å². The van der Waals surface area contributed by atoms with Gasteiger partial charge >= 0.3 is 6.18 Å². The first kappa shape index (κ1) is 23.4. The highest BCUT2D eigenvalue weighted by Crippen LogP contribution is 2.50. The van der Waals surface area contributed by atoms with E-state index in [2.05, 4.69) is 10.6 Å². The summed E-state index contributed by atoms with van der Waals surface area (Å²) in [5, 5.41) is 6.73. The molecule has 3 aromatic carbocycles. The molecule has 3 aromatic rings. The van der Waals surface area contributed by atoms with Crippen LogP contribution in [0.2, 0.25) is 5.02 Å². The highest BCUT2D eigenvalue weighted by molar-refractivity contribution is 7.80. The highest BCUT2D eigenvalue weighted by atomic mass is 35.5. The van der Waals surface area contributed by atoms with E-state index in [-0.39, 0.29) is 16.7 Å². The standard InChI is InChI=1S/C25H19ClF3N3O2S/c1-24-20(22(33)30-16-11-9-15(26)10-12-16)21(18-7-2-3-8-19(18)34-24)31-23(35)32(24)17-6-4-5-14(13-17)25(27,28)29/h2-13,20-21H,1H3,(H,30,33)(H,31,35). The molecule has 2 heterocycles. The van der Waals surface area contributed by atoms with Crippen LogP contribution in [0.5, 0.6) is 5.75 Å². The van der Waals surface area contributed by atoms with Crippen LogP contribution in [-0.4, -0.2) is 16.7 Å². The van der Waals surface area contributed by atoms with Gasteiger partial charge in [-0.2, -0.15) is 13.2 Å². The maximum atomic E-state index is 13.7. The number of anilines is 2. The fourth-order valence-corrected chi connectivity index (χ4v) is 5.23. The molecule has 3 unspecified atom stereocenters. The van der Waals surface area contributed by atoms with E-state index in [1.54, 1.807) is 43.3 Å². The van der Waals surface area contributed by atoms with E-state index < -0.39 is 29.4 Å². The van der Waals surface area contributed by atoms with Gasteiger partial charge in [-0.25, -0.2) is 0 Å². The SMILES string of the molecule is CC12Oc3ccccc3C(NC(=S)N1c1cccc(C(F)(F)F)c1)C2C(=O)Nc1ccc(Cl)cc1. The Morgan fingerprint density at radius 1 is 1.11 bits per heavy atom. The molecule has 1 amide bonds. The summed E-state index contributed by atoms with van der Waals surface area (Å²) in [7, 11) is 0. The lowest BCUT2D eigenvalue weighted by Gasteiger charge is -2.56. The van der Waals surface area contributed by atoms with Gasteiger partial charge in [0, 0.05) is 22.0 Å². The van der Waals surface area contributed by atoms with Gasteiger partial charge in [0.05, 0.1) is 11.6 Å². The predicted octanol–water partition coefficient (Wildman–Crippen LogP) is 6.16. The number of fused-ring (bicyclic) bond motifs is 4. The Morgan fingerprint density at radius 3 is 2.54 bits per heavy atom. The van der Waals surface area contributed by atoms with Crippen molar-refractivity contribution in [2.75, 3.05) is 10.2 Å². The number of halogens is 4. The molecular weight excluding hydrogens is 499 g/mol. The van der Waals surface area contributed by atoms with E-state index in [0.29, 0.717) is 16.5 Å². The van der Waals surface area contributed by atoms with Crippen LogP contribution in [0.4, 0.5) is 24.5 Å². The molecule has 0 radical (unpaired) electrons. The van der Waals surface area contributed by atoms with Gasteiger partial charge in [0.1, 0.15) is 11.7 Å². The van der Waals surface area contributed by atoms with E-state index in [9.17, 15) is 18.0 Å². The van der Waals surface area contributed by atoms with Crippen molar-refractivity contribution < 1.29 is 22.7 Å². The normalized spacial score (nSPS) is 23.1. The molecular formula is C25H19ClF3N3O2S. The number of nitrogens with one attached hydrogen (secondary N) is 2. The summed E-state index contributed by atoms with van der Waals surface area (Å²) in [4.78, 5) is 15.1. The number of ether oxygens (including phenoxy) is 1. The van der Waals surface area contributed by atoms with Gasteiger partial charge in [-0.1, -0.05) is 35.9 Å². The number of hydrogen-bond acceptors (Lipinski definition) is 3. The molecule has 5 nitrogen and oxygen atoms in total. The van der Waals surface area contributed by atoms with E-state index in [1.165, 1.54) is 17.0 Å². The average Bonchev–Trinajstić information content (AvgIpc) is 2.79. The maximum Gasteiger partial charge on any atom is 0.416 e. The zero-order valence-corrected chi connectivity index (χ0v) is 19.8. The minimum Gasteiger partial charge on any atom is -0.467 e. The van der Waals surface area contributed by atoms with Crippen LogP contribution in [0.15, 0.2) is 72.8 Å². The monoisotopic (exact) mass is 517 g/mol. The van der Waals surface area contributed by atoms with Crippen LogP contribution in [0.3, 0.4) is 0 Å². The smallest absolute Gasteiger partial charge is 0.416 e. The molecule has 2 aliphatic heterocycles. The van der Waals surface area contributed by atoms with Crippen molar-refractivity contribution in [3.05, 3.63) is 88.9 Å². The minimum absolute atomic E-state index is 0.155. The fourth-order valence-electron chi connectivity index (χ4n) is 4.69. The van der Waals surface area contributed by atoms with E-state index in [1.807, 2.05) is 12.1 Å². The van der Waals surface area contributed by atoms with Gasteiger partial charge in [0.2, 0.25) is 5.91 Å². The molecule has 2 aliphatic rings. The van der Waals surface area contributed by atoms with Gasteiger partial charge in [0.15, 0.2) is 10.8 Å². The number of para-hydroxylation sites is 1. The summed E-state index contributed by atoms with van der Waals surface area (Å²) in [5.74, 6) is -0.752. The average molecular weight is 518 g/mol. The molecule has 5 rings (SSSR count). The molecule has 0 aliphatic carbocycles. The molecule has 0 aromatic heterocycles. The van der Waals surface area contributed by atoms with Crippen molar-refractivity contribution in [1.29, 1.82) is 0 Å². The van der Waals surface area contributed by atoms with E-state index >= 15 is 0 Å². The third-order valence-corrected chi connectivity index (χ3v) is 6.79. The predicted molar refractivity (Wildman–Crippen MR) is 131 cm³/mol. The molecule has 35 heavy (non-hydrogen) atoms. The second-order valence-electron chi connectivity index (χ2n) is 8.48. The second kappa shape index (κ2) is 8.42. The molecule has 180 valence electrons. The highest BCUT2D eigenvalue weighted by Gasteiger charge is 2.59. The summed E-state index contributed by atoms with van der Waals surface area (Å²) >= 11 is 11.5. The number of carbonyl (C=O) groups excluding carboxylic acids is 1. The lowest BCUT2D eigenvalue weighted by molar-refractivity contribution is -0.137. The minimum atomic E-state index is -4.55. The largest absolute Gasteiger partial charge is 0.467 e. The molecule has 0 spiro atoms. The zero-order valence-electron chi connectivity index (χ0n) is 18.3. The van der Waals surface area contributed by atoms with Crippen molar-refractivity contribution in [2.24, 2.45) is 5.92 Å². The second-order valence-corrected chi connectivity index (χ2v) is 9.30. The Balaban J connectivity index is 1.61. The molecule has 2 bridgehead atoms. The molecule has 2 N–H and O–H groups in total.